The van der Waals surface area contributed by atoms with E-state index in [4.69, 9.17) is 33.2 Å². The number of carbonyl (C=O) groups is 5. The van der Waals surface area contributed by atoms with Crippen molar-refractivity contribution >= 4 is 29.8 Å². The van der Waals surface area contributed by atoms with Crippen molar-refractivity contribution in [3.05, 3.63) is 41.7 Å². The van der Waals surface area contributed by atoms with E-state index >= 15 is 0 Å². The van der Waals surface area contributed by atoms with Crippen molar-refractivity contribution in [1.82, 2.24) is 15.0 Å². The number of rotatable bonds is 17. The van der Waals surface area contributed by atoms with Crippen LogP contribution in [0.1, 0.15) is 89.2 Å². The van der Waals surface area contributed by atoms with Gasteiger partial charge in [-0.3, -0.25) is 19.2 Å². The Hall–Kier alpha value is -4.37. The zero-order chi connectivity index (χ0) is 34.3. The van der Waals surface area contributed by atoms with Gasteiger partial charge in [-0.1, -0.05) is 50.3 Å². The zero-order valence-corrected chi connectivity index (χ0v) is 27.4. The number of benzene rings is 1. The predicted octanol–water partition coefficient (Wildman–Crippen LogP) is 3.38. The van der Waals surface area contributed by atoms with Gasteiger partial charge in [0.25, 0.3) is 0 Å². The lowest BCUT2D eigenvalue weighted by atomic mass is 9.98. The van der Waals surface area contributed by atoms with Crippen molar-refractivity contribution in [2.45, 2.75) is 110 Å². The maximum atomic E-state index is 12.6. The van der Waals surface area contributed by atoms with Gasteiger partial charge >= 0.3 is 29.8 Å². The molecule has 1 aromatic heterocycles. The summed E-state index contributed by atoms with van der Waals surface area (Å²) < 4.78 is 40.0. The second kappa shape index (κ2) is 18.7. The van der Waals surface area contributed by atoms with Crippen LogP contribution in [0.15, 0.2) is 30.5 Å². The maximum Gasteiger partial charge on any atom is 0.338 e. The van der Waals surface area contributed by atoms with Crippen molar-refractivity contribution in [3.63, 3.8) is 0 Å². The average molecular weight is 662 g/mol. The lowest BCUT2D eigenvalue weighted by Gasteiger charge is -2.43. The van der Waals surface area contributed by atoms with Gasteiger partial charge in [0.1, 0.15) is 18.4 Å². The van der Waals surface area contributed by atoms with Crippen LogP contribution in [0.5, 0.6) is 0 Å². The summed E-state index contributed by atoms with van der Waals surface area (Å²) in [5.74, 6) is -3.32. The monoisotopic (exact) mass is 661 g/mol. The van der Waals surface area contributed by atoms with Crippen LogP contribution in [0.4, 0.5) is 0 Å². The van der Waals surface area contributed by atoms with Gasteiger partial charge in [0.15, 0.2) is 24.6 Å². The van der Waals surface area contributed by atoms with E-state index in [9.17, 15) is 24.0 Å². The Kier molecular flexibility index (Phi) is 14.8. The molecule has 0 radical (unpaired) electrons. The lowest BCUT2D eigenvalue weighted by molar-refractivity contribution is -0.310. The van der Waals surface area contributed by atoms with Crippen LogP contribution in [0.3, 0.4) is 0 Å². The number of nitrogens with zero attached hydrogens (tertiary/aromatic N) is 3. The molecular formula is C32H43N3O12. The van der Waals surface area contributed by atoms with Crippen molar-refractivity contribution < 1.29 is 57.1 Å². The summed E-state index contributed by atoms with van der Waals surface area (Å²) in [6, 6.07) is 6.72. The SMILES string of the molecule is CCCCCCCCOC(=O)c1cccc(-n2cc(CO[C@H]3O[C@H](COC(C)=O)[C@@H](OC(C)=O)[C@H](OC(C)=O)[C@@H]3OC(C)=O)nn2)c1. The molecule has 5 atom stereocenters. The number of hydrogen-bond donors (Lipinski definition) is 0. The van der Waals surface area contributed by atoms with Crippen LogP contribution in [-0.4, -0.2) is 88.8 Å². The minimum absolute atomic E-state index is 0.215. The molecule has 1 aliphatic rings. The van der Waals surface area contributed by atoms with Crippen molar-refractivity contribution in [2.75, 3.05) is 13.2 Å². The molecule has 1 aliphatic heterocycles. The van der Waals surface area contributed by atoms with E-state index < -0.39 is 60.6 Å². The molecule has 1 saturated heterocycles. The molecule has 2 heterocycles. The summed E-state index contributed by atoms with van der Waals surface area (Å²) in [5, 5.41) is 8.23. The number of hydrogen-bond acceptors (Lipinski definition) is 14. The van der Waals surface area contributed by atoms with Gasteiger partial charge in [0, 0.05) is 27.7 Å². The van der Waals surface area contributed by atoms with Crippen molar-refractivity contribution in [1.29, 1.82) is 0 Å². The Labute approximate surface area is 273 Å². The summed E-state index contributed by atoms with van der Waals surface area (Å²) >= 11 is 0. The summed E-state index contributed by atoms with van der Waals surface area (Å²) in [7, 11) is 0. The lowest BCUT2D eigenvalue weighted by Crippen LogP contribution is -2.62. The smallest absolute Gasteiger partial charge is 0.338 e. The highest BCUT2D eigenvalue weighted by Gasteiger charge is 2.52. The fraction of sp³-hybridized carbons (Fsp3) is 0.594. The molecule has 0 N–H and O–H groups in total. The molecule has 0 spiro atoms. The van der Waals surface area contributed by atoms with E-state index in [2.05, 4.69) is 17.2 Å². The van der Waals surface area contributed by atoms with Gasteiger partial charge in [-0.15, -0.1) is 5.10 Å². The highest BCUT2D eigenvalue weighted by molar-refractivity contribution is 5.90. The van der Waals surface area contributed by atoms with E-state index in [1.165, 1.54) is 30.9 Å². The van der Waals surface area contributed by atoms with Gasteiger partial charge in [0.2, 0.25) is 0 Å². The van der Waals surface area contributed by atoms with E-state index in [0.29, 0.717) is 23.6 Å². The molecule has 0 bridgehead atoms. The van der Waals surface area contributed by atoms with Gasteiger partial charge in [0.05, 0.1) is 30.7 Å². The third kappa shape index (κ3) is 12.1. The molecule has 15 nitrogen and oxygen atoms in total. The first kappa shape index (κ1) is 37.1. The van der Waals surface area contributed by atoms with Crippen molar-refractivity contribution in [2.24, 2.45) is 0 Å². The average Bonchev–Trinajstić information content (AvgIpc) is 3.49. The van der Waals surface area contributed by atoms with Crippen LogP contribution >= 0.6 is 0 Å². The maximum absolute atomic E-state index is 12.6. The Morgan fingerprint density at radius 1 is 0.809 bits per heavy atom. The molecule has 0 saturated carbocycles. The molecule has 47 heavy (non-hydrogen) atoms. The fourth-order valence-electron chi connectivity index (χ4n) is 4.89. The number of esters is 5. The molecule has 258 valence electrons. The first-order chi connectivity index (χ1) is 22.5. The van der Waals surface area contributed by atoms with Gasteiger partial charge in [-0.05, 0) is 24.6 Å². The summed E-state index contributed by atoms with van der Waals surface area (Å²) in [6.07, 6.45) is 1.50. The van der Waals surface area contributed by atoms with Crippen molar-refractivity contribution in [3.8, 4) is 5.69 Å². The minimum atomic E-state index is -1.37. The Morgan fingerprint density at radius 2 is 1.47 bits per heavy atom. The van der Waals surface area contributed by atoms with Crippen LogP contribution in [0, 0.1) is 0 Å². The van der Waals surface area contributed by atoms with Gasteiger partial charge in [-0.25, -0.2) is 9.48 Å². The van der Waals surface area contributed by atoms with E-state index in [-0.39, 0.29) is 13.2 Å². The molecule has 15 heteroatoms. The second-order valence-corrected chi connectivity index (χ2v) is 11.0. The van der Waals surface area contributed by atoms with Crippen LogP contribution in [0.25, 0.3) is 5.69 Å². The molecule has 0 aliphatic carbocycles. The highest BCUT2D eigenvalue weighted by Crippen LogP contribution is 2.30. The molecule has 1 aromatic carbocycles. The molecule has 3 rings (SSSR count). The normalized spacial score (nSPS) is 20.6. The standard InChI is InChI=1S/C32H43N3O12/c1-6-7-8-9-10-11-15-41-31(40)24-13-12-14-26(16-24)35-17-25(33-34-35)18-43-32-30(46-23(5)39)29(45-22(4)38)28(44-21(3)37)27(47-32)19-42-20(2)36/h12-14,16-17,27-30,32H,6-11,15,18-19H2,1-5H3/t27-,28-,29+,30+,32+/m1/s1. The highest BCUT2D eigenvalue weighted by atomic mass is 16.7. The second-order valence-electron chi connectivity index (χ2n) is 11.0. The molecule has 2 aromatic rings. The third-order valence-electron chi connectivity index (χ3n) is 6.96. The van der Waals surface area contributed by atoms with E-state index in [0.717, 1.165) is 40.0 Å². The largest absolute Gasteiger partial charge is 0.463 e. The van der Waals surface area contributed by atoms with Crippen LogP contribution in [-0.2, 0) is 58.9 Å². The predicted molar refractivity (Wildman–Crippen MR) is 162 cm³/mol. The quantitative estimate of drug-likeness (QED) is 0.137. The summed E-state index contributed by atoms with van der Waals surface area (Å²) in [4.78, 5) is 60.1. The summed E-state index contributed by atoms with van der Waals surface area (Å²) in [6.45, 7) is 6.49. The first-order valence-corrected chi connectivity index (χ1v) is 15.6. The number of aromatic nitrogens is 3. The molecular weight excluding hydrogens is 618 g/mol. The van der Waals surface area contributed by atoms with E-state index in [1.807, 2.05) is 0 Å². The van der Waals surface area contributed by atoms with E-state index in [1.54, 1.807) is 30.5 Å². The number of carbonyl (C=O) groups excluding carboxylic acids is 5. The summed E-state index contributed by atoms with van der Waals surface area (Å²) in [5.41, 5.74) is 1.23. The molecule has 1 fully saturated rings. The van der Waals surface area contributed by atoms with Gasteiger partial charge < -0.3 is 33.2 Å². The number of ether oxygens (including phenoxy) is 7. The van der Waals surface area contributed by atoms with Crippen LogP contribution in [0.2, 0.25) is 0 Å². The first-order valence-electron chi connectivity index (χ1n) is 15.6. The molecule has 0 amide bonds. The zero-order valence-electron chi connectivity index (χ0n) is 27.4. The minimum Gasteiger partial charge on any atom is -0.463 e. The molecule has 0 unspecified atom stereocenters. The number of unbranched alkanes of at least 4 members (excludes halogenated alkanes) is 5. The Bertz CT molecular complexity index is 1360. The topological polar surface area (TPSA) is 181 Å². The fourth-order valence-corrected chi connectivity index (χ4v) is 4.89. The third-order valence-corrected chi connectivity index (χ3v) is 6.96. The van der Waals surface area contributed by atoms with Gasteiger partial charge in [-0.2, -0.15) is 0 Å². The van der Waals surface area contributed by atoms with Crippen LogP contribution < -0.4 is 0 Å². The Morgan fingerprint density at radius 3 is 2.15 bits per heavy atom. The Balaban J connectivity index is 1.72.